The molecule has 0 heterocycles. The Kier molecular flexibility index (Phi) is 4.12. The number of nitrogens with one attached hydrogen (secondary N) is 1. The van der Waals surface area contributed by atoms with Gasteiger partial charge in [-0.25, -0.2) is 0 Å². The van der Waals surface area contributed by atoms with Crippen molar-refractivity contribution in [2.45, 2.75) is 0 Å². The van der Waals surface area contributed by atoms with Crippen molar-refractivity contribution < 1.29 is 4.79 Å². The number of anilines is 1. The van der Waals surface area contributed by atoms with Gasteiger partial charge in [-0.3, -0.25) is 4.79 Å². The first-order chi connectivity index (χ1) is 8.59. The molecule has 0 saturated heterocycles. The Morgan fingerprint density at radius 2 is 1.50 bits per heavy atom. The van der Waals surface area contributed by atoms with Gasteiger partial charge in [0.15, 0.2) is 0 Å². The van der Waals surface area contributed by atoms with Crippen LogP contribution in [-0.2, 0) is 0 Å². The average molecular weight is 301 g/mol. The van der Waals surface area contributed by atoms with Gasteiger partial charge in [0.2, 0.25) is 0 Å². The van der Waals surface area contributed by atoms with Crippen LogP contribution in [-0.4, -0.2) is 5.91 Å². The Morgan fingerprint density at radius 3 is 2.17 bits per heavy atom. The van der Waals surface area contributed by atoms with Crippen molar-refractivity contribution in [1.82, 2.24) is 0 Å². The Balaban J connectivity index is 2.30. The second-order valence-electron chi connectivity index (χ2n) is 3.54. The van der Waals surface area contributed by atoms with E-state index in [-0.39, 0.29) is 10.9 Å². The molecule has 0 fully saturated rings. The SMILES string of the molecule is O=C(Nc1c(Cl)ccc(Cl)c1Cl)c1ccccc1. The zero-order valence-electron chi connectivity index (χ0n) is 9.08. The first kappa shape index (κ1) is 13.2. The molecule has 0 bridgehead atoms. The Hall–Kier alpha value is -1.22. The third-order valence-corrected chi connectivity index (χ3v) is 3.44. The third kappa shape index (κ3) is 2.78. The monoisotopic (exact) mass is 299 g/mol. The summed E-state index contributed by atoms with van der Waals surface area (Å²) in [7, 11) is 0. The van der Waals surface area contributed by atoms with Crippen LogP contribution in [0.4, 0.5) is 5.69 Å². The van der Waals surface area contributed by atoms with Crippen molar-refractivity contribution in [2.24, 2.45) is 0 Å². The van der Waals surface area contributed by atoms with Crippen LogP contribution in [0, 0.1) is 0 Å². The van der Waals surface area contributed by atoms with Crippen LogP contribution in [0.1, 0.15) is 10.4 Å². The first-order valence-corrected chi connectivity index (χ1v) is 6.23. The molecule has 0 atom stereocenters. The van der Waals surface area contributed by atoms with Gasteiger partial charge in [-0.2, -0.15) is 0 Å². The highest BCUT2D eigenvalue weighted by molar-refractivity contribution is 6.46. The Labute approximate surface area is 119 Å². The van der Waals surface area contributed by atoms with E-state index < -0.39 is 0 Å². The van der Waals surface area contributed by atoms with E-state index in [1.807, 2.05) is 6.07 Å². The minimum atomic E-state index is -0.290. The number of rotatable bonds is 2. The number of carbonyl (C=O) groups is 1. The largest absolute Gasteiger partial charge is 0.319 e. The molecule has 1 N–H and O–H groups in total. The molecule has 0 radical (unpaired) electrons. The fourth-order valence-electron chi connectivity index (χ4n) is 1.42. The van der Waals surface area contributed by atoms with E-state index in [0.29, 0.717) is 21.3 Å². The van der Waals surface area contributed by atoms with Crippen molar-refractivity contribution in [2.75, 3.05) is 5.32 Å². The molecule has 0 aliphatic heterocycles. The zero-order valence-corrected chi connectivity index (χ0v) is 11.4. The van der Waals surface area contributed by atoms with Gasteiger partial charge in [0, 0.05) is 5.56 Å². The van der Waals surface area contributed by atoms with E-state index in [9.17, 15) is 4.79 Å². The molecule has 5 heteroatoms. The summed E-state index contributed by atoms with van der Waals surface area (Å²) >= 11 is 17.8. The van der Waals surface area contributed by atoms with Crippen LogP contribution in [0.15, 0.2) is 42.5 Å². The van der Waals surface area contributed by atoms with E-state index in [2.05, 4.69) is 5.32 Å². The maximum Gasteiger partial charge on any atom is 0.255 e. The van der Waals surface area contributed by atoms with E-state index in [4.69, 9.17) is 34.8 Å². The van der Waals surface area contributed by atoms with Crippen LogP contribution in [0.2, 0.25) is 15.1 Å². The van der Waals surface area contributed by atoms with E-state index >= 15 is 0 Å². The molecule has 2 rings (SSSR count). The van der Waals surface area contributed by atoms with Gasteiger partial charge >= 0.3 is 0 Å². The summed E-state index contributed by atoms with van der Waals surface area (Å²) in [4.78, 5) is 12.0. The van der Waals surface area contributed by atoms with Crippen molar-refractivity contribution in [3.63, 3.8) is 0 Å². The predicted octanol–water partition coefficient (Wildman–Crippen LogP) is 4.90. The van der Waals surface area contributed by atoms with Crippen molar-refractivity contribution in [1.29, 1.82) is 0 Å². The van der Waals surface area contributed by atoms with Crippen LogP contribution in [0.3, 0.4) is 0 Å². The second kappa shape index (κ2) is 5.61. The summed E-state index contributed by atoms with van der Waals surface area (Å²) in [5, 5.41) is 3.56. The minimum absolute atomic E-state index is 0.230. The molecular weight excluding hydrogens is 293 g/mol. The summed E-state index contributed by atoms with van der Waals surface area (Å²) in [6, 6.07) is 11.9. The molecule has 0 aromatic heterocycles. The standard InChI is InChI=1S/C13H8Cl3NO/c14-9-6-7-10(15)12(11(9)16)17-13(18)8-4-2-1-3-5-8/h1-7H,(H,17,18). The van der Waals surface area contributed by atoms with Gasteiger partial charge in [0.1, 0.15) is 0 Å². The number of halogens is 3. The molecule has 0 saturated carbocycles. The zero-order chi connectivity index (χ0) is 13.1. The van der Waals surface area contributed by atoms with Gasteiger partial charge in [0.05, 0.1) is 20.8 Å². The molecule has 2 aromatic carbocycles. The molecular formula is C13H8Cl3NO. The van der Waals surface area contributed by atoms with Crippen LogP contribution in [0.25, 0.3) is 0 Å². The van der Waals surface area contributed by atoms with Crippen molar-refractivity contribution in [3.05, 3.63) is 63.1 Å². The van der Waals surface area contributed by atoms with Gasteiger partial charge < -0.3 is 5.32 Å². The molecule has 0 unspecified atom stereocenters. The summed E-state index contributed by atoms with van der Waals surface area (Å²) in [6.45, 7) is 0. The quantitative estimate of drug-likeness (QED) is 0.785. The highest BCUT2D eigenvalue weighted by Crippen LogP contribution is 2.36. The predicted molar refractivity (Wildman–Crippen MR) is 75.9 cm³/mol. The first-order valence-electron chi connectivity index (χ1n) is 5.09. The van der Waals surface area contributed by atoms with Crippen molar-refractivity contribution in [3.8, 4) is 0 Å². The smallest absolute Gasteiger partial charge is 0.255 e. The normalized spacial score (nSPS) is 10.2. The molecule has 92 valence electrons. The number of amides is 1. The lowest BCUT2D eigenvalue weighted by molar-refractivity contribution is 0.102. The number of hydrogen-bond donors (Lipinski definition) is 1. The van der Waals surface area contributed by atoms with Gasteiger partial charge in [-0.1, -0.05) is 53.0 Å². The number of hydrogen-bond acceptors (Lipinski definition) is 1. The third-order valence-electron chi connectivity index (χ3n) is 2.32. The number of benzene rings is 2. The molecule has 2 aromatic rings. The lowest BCUT2D eigenvalue weighted by Gasteiger charge is -2.10. The maximum absolute atomic E-state index is 12.0. The Morgan fingerprint density at radius 1 is 0.889 bits per heavy atom. The molecule has 1 amide bonds. The second-order valence-corrected chi connectivity index (χ2v) is 4.73. The lowest BCUT2D eigenvalue weighted by Crippen LogP contribution is -2.12. The molecule has 18 heavy (non-hydrogen) atoms. The average Bonchev–Trinajstić information content (AvgIpc) is 2.40. The van der Waals surface area contributed by atoms with Gasteiger partial charge in [0.25, 0.3) is 5.91 Å². The van der Waals surface area contributed by atoms with E-state index in [1.165, 1.54) is 0 Å². The van der Waals surface area contributed by atoms with Gasteiger partial charge in [-0.05, 0) is 24.3 Å². The Bertz CT molecular complexity index is 584. The molecule has 0 aliphatic rings. The van der Waals surface area contributed by atoms with Crippen molar-refractivity contribution >= 4 is 46.4 Å². The molecule has 0 spiro atoms. The van der Waals surface area contributed by atoms with E-state index in [1.54, 1.807) is 36.4 Å². The highest BCUT2D eigenvalue weighted by atomic mass is 35.5. The van der Waals surface area contributed by atoms with Crippen LogP contribution in [0.5, 0.6) is 0 Å². The van der Waals surface area contributed by atoms with E-state index in [0.717, 1.165) is 0 Å². The highest BCUT2D eigenvalue weighted by Gasteiger charge is 2.13. The fourth-order valence-corrected chi connectivity index (χ4v) is 2.04. The molecule has 0 aliphatic carbocycles. The summed E-state index contributed by atoms with van der Waals surface area (Å²) in [5.74, 6) is -0.290. The number of carbonyl (C=O) groups excluding carboxylic acids is 1. The van der Waals surface area contributed by atoms with Crippen LogP contribution >= 0.6 is 34.8 Å². The lowest BCUT2D eigenvalue weighted by atomic mass is 10.2. The summed E-state index contributed by atoms with van der Waals surface area (Å²) in [6.07, 6.45) is 0. The van der Waals surface area contributed by atoms with Gasteiger partial charge in [-0.15, -0.1) is 0 Å². The minimum Gasteiger partial charge on any atom is -0.319 e. The van der Waals surface area contributed by atoms with Crippen LogP contribution < -0.4 is 5.32 Å². The fraction of sp³-hybridized carbons (Fsp3) is 0. The maximum atomic E-state index is 12.0. The summed E-state index contributed by atoms with van der Waals surface area (Å²) < 4.78 is 0. The molecule has 2 nitrogen and oxygen atoms in total. The topological polar surface area (TPSA) is 29.1 Å². The summed E-state index contributed by atoms with van der Waals surface area (Å²) in [5.41, 5.74) is 0.837.